The molecular formula is C9H10F4N2. The normalized spacial score (nSPS) is 14.0. The Morgan fingerprint density at radius 1 is 1.33 bits per heavy atom. The molecule has 0 saturated heterocycles. The molecule has 0 unspecified atom stereocenters. The minimum absolute atomic E-state index is 0.284. The highest BCUT2D eigenvalue weighted by atomic mass is 19.4. The van der Waals surface area contributed by atoms with Gasteiger partial charge in [-0.15, -0.1) is 0 Å². The van der Waals surface area contributed by atoms with Gasteiger partial charge in [0, 0.05) is 6.04 Å². The molecule has 0 spiro atoms. The van der Waals surface area contributed by atoms with E-state index in [0.717, 1.165) is 12.1 Å². The predicted octanol–water partition coefficient (Wildman–Crippen LogP) is 2.37. The molecule has 1 aromatic rings. The van der Waals surface area contributed by atoms with Crippen molar-refractivity contribution >= 4 is 0 Å². The van der Waals surface area contributed by atoms with Crippen LogP contribution in [0, 0.1) is 5.82 Å². The van der Waals surface area contributed by atoms with E-state index in [-0.39, 0.29) is 5.56 Å². The lowest BCUT2D eigenvalue weighted by atomic mass is 10.0. The second-order valence-corrected chi connectivity index (χ2v) is 3.13. The van der Waals surface area contributed by atoms with Crippen molar-refractivity contribution in [2.45, 2.75) is 19.1 Å². The van der Waals surface area contributed by atoms with Crippen molar-refractivity contribution in [2.75, 3.05) is 0 Å². The van der Waals surface area contributed by atoms with E-state index in [0.29, 0.717) is 0 Å². The molecule has 0 aromatic heterocycles. The average molecular weight is 222 g/mol. The van der Waals surface area contributed by atoms with E-state index in [4.69, 9.17) is 5.84 Å². The zero-order valence-corrected chi connectivity index (χ0v) is 7.90. The van der Waals surface area contributed by atoms with Gasteiger partial charge in [-0.3, -0.25) is 11.3 Å². The predicted molar refractivity (Wildman–Crippen MR) is 47.1 cm³/mol. The monoisotopic (exact) mass is 222 g/mol. The summed E-state index contributed by atoms with van der Waals surface area (Å²) >= 11 is 0. The van der Waals surface area contributed by atoms with Crippen molar-refractivity contribution in [3.05, 3.63) is 35.1 Å². The first-order valence-corrected chi connectivity index (χ1v) is 4.19. The van der Waals surface area contributed by atoms with Gasteiger partial charge in [-0.25, -0.2) is 4.39 Å². The number of halogens is 4. The van der Waals surface area contributed by atoms with Crippen LogP contribution in [-0.2, 0) is 6.18 Å². The van der Waals surface area contributed by atoms with Crippen molar-refractivity contribution in [3.8, 4) is 0 Å². The fraction of sp³-hybridized carbons (Fsp3) is 0.333. The van der Waals surface area contributed by atoms with Gasteiger partial charge in [0.15, 0.2) is 0 Å². The van der Waals surface area contributed by atoms with Crippen LogP contribution in [0.3, 0.4) is 0 Å². The Kier molecular flexibility index (Phi) is 3.31. The lowest BCUT2D eigenvalue weighted by molar-refractivity contribution is -0.140. The first-order chi connectivity index (χ1) is 6.86. The number of alkyl halides is 3. The molecule has 1 atom stereocenters. The van der Waals surface area contributed by atoms with Crippen molar-refractivity contribution in [2.24, 2.45) is 5.84 Å². The maximum atomic E-state index is 12.9. The Hall–Kier alpha value is -1.14. The first kappa shape index (κ1) is 11.9. The molecule has 0 bridgehead atoms. The summed E-state index contributed by atoms with van der Waals surface area (Å²) in [5.74, 6) is 3.79. The highest BCUT2D eigenvalue weighted by molar-refractivity contribution is 5.29. The van der Waals surface area contributed by atoms with E-state index in [2.05, 4.69) is 5.43 Å². The average Bonchev–Trinajstić information content (AvgIpc) is 2.15. The van der Waals surface area contributed by atoms with Gasteiger partial charge in [0.2, 0.25) is 0 Å². The molecule has 0 heterocycles. The van der Waals surface area contributed by atoms with Gasteiger partial charge in [-0.2, -0.15) is 13.2 Å². The lowest BCUT2D eigenvalue weighted by Gasteiger charge is -2.14. The minimum Gasteiger partial charge on any atom is -0.271 e. The summed E-state index contributed by atoms with van der Waals surface area (Å²) in [6, 6.07) is 2.33. The van der Waals surface area contributed by atoms with E-state index in [1.807, 2.05) is 0 Å². The van der Waals surface area contributed by atoms with E-state index >= 15 is 0 Å². The Bertz CT molecular complexity index is 348. The Morgan fingerprint density at radius 3 is 2.40 bits per heavy atom. The van der Waals surface area contributed by atoms with Gasteiger partial charge in [-0.1, -0.05) is 6.07 Å². The van der Waals surface area contributed by atoms with Crippen LogP contribution in [0.1, 0.15) is 24.1 Å². The smallest absolute Gasteiger partial charge is 0.271 e. The Labute approximate surface area is 84.0 Å². The second-order valence-electron chi connectivity index (χ2n) is 3.13. The molecule has 0 aliphatic heterocycles. The highest BCUT2D eigenvalue weighted by Crippen LogP contribution is 2.32. The molecule has 0 radical (unpaired) electrons. The number of rotatable bonds is 2. The summed E-state index contributed by atoms with van der Waals surface area (Å²) < 4.78 is 49.8. The molecule has 0 saturated carbocycles. The Morgan fingerprint density at radius 2 is 1.93 bits per heavy atom. The quantitative estimate of drug-likeness (QED) is 0.458. The van der Waals surface area contributed by atoms with Gasteiger partial charge in [0.05, 0.1) is 5.56 Å². The molecule has 1 aromatic carbocycles. The first-order valence-electron chi connectivity index (χ1n) is 4.19. The van der Waals surface area contributed by atoms with Gasteiger partial charge < -0.3 is 0 Å². The molecule has 15 heavy (non-hydrogen) atoms. The van der Waals surface area contributed by atoms with E-state index in [9.17, 15) is 17.6 Å². The molecule has 2 nitrogen and oxygen atoms in total. The van der Waals surface area contributed by atoms with E-state index in [1.54, 1.807) is 6.92 Å². The number of hydrogen-bond acceptors (Lipinski definition) is 2. The van der Waals surface area contributed by atoms with Crippen LogP contribution in [0.5, 0.6) is 0 Å². The van der Waals surface area contributed by atoms with Crippen LogP contribution in [0.15, 0.2) is 18.2 Å². The third-order valence-electron chi connectivity index (χ3n) is 2.05. The van der Waals surface area contributed by atoms with Crippen molar-refractivity contribution in [3.63, 3.8) is 0 Å². The summed E-state index contributed by atoms with van der Waals surface area (Å²) in [6.07, 6.45) is -4.69. The van der Waals surface area contributed by atoms with Crippen LogP contribution in [-0.4, -0.2) is 0 Å². The molecule has 3 N–H and O–H groups in total. The topological polar surface area (TPSA) is 38.0 Å². The molecule has 1 rings (SSSR count). The van der Waals surface area contributed by atoms with Crippen molar-refractivity contribution < 1.29 is 17.6 Å². The van der Waals surface area contributed by atoms with Crippen LogP contribution in [0.25, 0.3) is 0 Å². The Balaban J connectivity index is 3.17. The van der Waals surface area contributed by atoms with Gasteiger partial charge in [0.1, 0.15) is 5.82 Å². The minimum atomic E-state index is -4.69. The van der Waals surface area contributed by atoms with Crippen molar-refractivity contribution in [1.82, 2.24) is 5.43 Å². The number of nitrogens with two attached hydrogens (primary N) is 1. The van der Waals surface area contributed by atoms with Crippen LogP contribution in [0.4, 0.5) is 17.6 Å². The van der Waals surface area contributed by atoms with Crippen LogP contribution >= 0.6 is 0 Å². The second kappa shape index (κ2) is 4.16. The number of nitrogens with one attached hydrogen (secondary N) is 1. The molecule has 0 fully saturated rings. The molecule has 0 amide bonds. The fourth-order valence-corrected chi connectivity index (χ4v) is 1.13. The number of hydrazine groups is 1. The maximum absolute atomic E-state index is 12.9. The largest absolute Gasteiger partial charge is 0.419 e. The standard InChI is InChI=1S/C9H10F4N2/c1-5(15-14)6-2-3-8(10)7(4-6)9(11,12)13/h2-5,15H,14H2,1H3/t5-/m0/s1. The lowest BCUT2D eigenvalue weighted by Crippen LogP contribution is -2.26. The third-order valence-corrected chi connectivity index (χ3v) is 2.05. The number of hydrogen-bond donors (Lipinski definition) is 2. The summed E-state index contributed by atoms with van der Waals surface area (Å²) in [6.45, 7) is 1.58. The molecular weight excluding hydrogens is 212 g/mol. The van der Waals surface area contributed by atoms with Gasteiger partial charge in [0.25, 0.3) is 0 Å². The highest BCUT2D eigenvalue weighted by Gasteiger charge is 2.34. The SMILES string of the molecule is C[C@H](NN)c1ccc(F)c(C(F)(F)F)c1. The summed E-state index contributed by atoms with van der Waals surface area (Å²) in [7, 11) is 0. The summed E-state index contributed by atoms with van der Waals surface area (Å²) in [5, 5.41) is 0. The fourth-order valence-electron chi connectivity index (χ4n) is 1.13. The van der Waals surface area contributed by atoms with Gasteiger partial charge in [-0.05, 0) is 24.6 Å². The van der Waals surface area contributed by atoms with Gasteiger partial charge >= 0.3 is 6.18 Å². The third kappa shape index (κ3) is 2.66. The van der Waals surface area contributed by atoms with E-state index in [1.165, 1.54) is 6.07 Å². The van der Waals surface area contributed by atoms with Crippen LogP contribution in [0.2, 0.25) is 0 Å². The molecule has 0 aliphatic rings. The van der Waals surface area contributed by atoms with E-state index < -0.39 is 23.6 Å². The maximum Gasteiger partial charge on any atom is 0.419 e. The number of benzene rings is 1. The summed E-state index contributed by atoms with van der Waals surface area (Å²) in [5.41, 5.74) is 1.30. The van der Waals surface area contributed by atoms with Crippen molar-refractivity contribution in [1.29, 1.82) is 0 Å². The zero-order valence-electron chi connectivity index (χ0n) is 7.90. The summed E-state index contributed by atoms with van der Waals surface area (Å²) in [4.78, 5) is 0. The molecule has 84 valence electrons. The van der Waals surface area contributed by atoms with Crippen LogP contribution < -0.4 is 11.3 Å². The molecule has 6 heteroatoms. The molecule has 0 aliphatic carbocycles. The zero-order chi connectivity index (χ0) is 11.6.